The van der Waals surface area contributed by atoms with Crippen LogP contribution in [0.25, 0.3) is 100 Å². The highest BCUT2D eigenvalue weighted by atomic mass is 16.6. The quantitative estimate of drug-likeness (QED) is 0.162. The molecular weight excluding hydrogens is 699 g/mol. The Balaban J connectivity index is 1.09. The van der Waals surface area contributed by atoms with Crippen molar-refractivity contribution in [2.45, 2.75) is 0 Å². The fraction of sp³-hybridized carbons (Fsp3) is 0. The molecule has 10 rings (SSSR count). The third-order valence-corrected chi connectivity index (χ3v) is 10.5. The highest BCUT2D eigenvalue weighted by Gasteiger charge is 2.20. The van der Waals surface area contributed by atoms with Crippen LogP contribution in [0.4, 0.5) is 0 Å². The smallest absolute Gasteiger partial charge is 0.160 e. The molecule has 8 aromatic carbocycles. The molecule has 0 aliphatic rings. The normalized spacial score (nSPS) is 11.1. The number of rotatable bonds is 7. The second-order valence-electron chi connectivity index (χ2n) is 13.8. The molecule has 57 heavy (non-hydrogen) atoms. The summed E-state index contributed by atoms with van der Waals surface area (Å²) in [6, 6.07) is 66.1. The molecule has 0 spiro atoms. The zero-order chi connectivity index (χ0) is 38.1. The lowest BCUT2D eigenvalue weighted by atomic mass is 9.87. The second kappa shape index (κ2) is 14.3. The van der Waals surface area contributed by atoms with Crippen LogP contribution in [0.5, 0.6) is 0 Å². The van der Waals surface area contributed by atoms with Crippen molar-refractivity contribution in [3.8, 4) is 84.3 Å². The zero-order valence-corrected chi connectivity index (χ0v) is 30.5. The number of para-hydroxylation sites is 1. The molecule has 2 heterocycles. The molecule has 0 aliphatic carbocycles. The van der Waals surface area contributed by atoms with Crippen LogP contribution in [0, 0.1) is 11.3 Å². The summed E-state index contributed by atoms with van der Waals surface area (Å²) < 4.78 is 5.35. The SMILES string of the molecule is N#Cc1ccccc1-c1cc(-c2ccccc2-c2ccc(-c3ccccc3)c3nonc23)ccc1-c1ccc(-c2nc(-c3ccccc3)c3ccccc3n2)cc1. The molecule has 6 nitrogen and oxygen atoms in total. The van der Waals surface area contributed by atoms with Crippen LogP contribution in [0.2, 0.25) is 0 Å². The van der Waals surface area contributed by atoms with E-state index in [0.29, 0.717) is 22.4 Å². The van der Waals surface area contributed by atoms with Crippen LogP contribution >= 0.6 is 0 Å². The van der Waals surface area contributed by atoms with E-state index in [1.54, 1.807) is 0 Å². The molecule has 0 atom stereocenters. The molecule has 0 fully saturated rings. The summed E-state index contributed by atoms with van der Waals surface area (Å²) in [5, 5.41) is 20.0. The van der Waals surface area contributed by atoms with E-state index < -0.39 is 0 Å². The van der Waals surface area contributed by atoms with Gasteiger partial charge in [-0.15, -0.1) is 0 Å². The van der Waals surface area contributed by atoms with Gasteiger partial charge in [-0.05, 0) is 67.5 Å². The summed E-state index contributed by atoms with van der Waals surface area (Å²) in [4.78, 5) is 10.1. The Morgan fingerprint density at radius 1 is 0.386 bits per heavy atom. The lowest BCUT2D eigenvalue weighted by Crippen LogP contribution is -1.95. The van der Waals surface area contributed by atoms with Gasteiger partial charge < -0.3 is 0 Å². The van der Waals surface area contributed by atoms with Gasteiger partial charge in [0.05, 0.1) is 22.8 Å². The van der Waals surface area contributed by atoms with E-state index in [4.69, 9.17) is 14.6 Å². The van der Waals surface area contributed by atoms with Crippen molar-refractivity contribution >= 4 is 21.9 Å². The number of aromatic nitrogens is 4. The summed E-state index contributed by atoms with van der Waals surface area (Å²) >= 11 is 0. The van der Waals surface area contributed by atoms with Crippen molar-refractivity contribution in [3.05, 3.63) is 194 Å². The molecule has 0 N–H and O–H groups in total. The topological polar surface area (TPSA) is 88.5 Å². The van der Waals surface area contributed by atoms with Crippen LogP contribution in [0.3, 0.4) is 0 Å². The third-order valence-electron chi connectivity index (χ3n) is 10.5. The predicted octanol–water partition coefficient (Wildman–Crippen LogP) is 12.7. The third kappa shape index (κ3) is 6.10. The van der Waals surface area contributed by atoms with Gasteiger partial charge in [-0.3, -0.25) is 0 Å². The molecule has 0 radical (unpaired) electrons. The fourth-order valence-corrected chi connectivity index (χ4v) is 7.73. The van der Waals surface area contributed by atoms with Gasteiger partial charge in [0.1, 0.15) is 11.0 Å². The molecule has 2 aromatic heterocycles. The van der Waals surface area contributed by atoms with Crippen LogP contribution in [-0.2, 0) is 0 Å². The number of nitrogens with zero attached hydrogens (tertiary/aromatic N) is 5. The Morgan fingerprint density at radius 2 is 0.930 bits per heavy atom. The Labute approximate surface area is 329 Å². The van der Waals surface area contributed by atoms with Crippen molar-refractivity contribution in [3.63, 3.8) is 0 Å². The molecule has 0 saturated heterocycles. The van der Waals surface area contributed by atoms with E-state index in [1.807, 2.05) is 91.0 Å². The number of nitriles is 1. The van der Waals surface area contributed by atoms with Crippen molar-refractivity contribution in [2.24, 2.45) is 0 Å². The first-order chi connectivity index (χ1) is 28.2. The van der Waals surface area contributed by atoms with Crippen molar-refractivity contribution in [2.75, 3.05) is 0 Å². The van der Waals surface area contributed by atoms with Crippen LogP contribution in [0.15, 0.2) is 193 Å². The maximum absolute atomic E-state index is 10.3. The van der Waals surface area contributed by atoms with E-state index in [0.717, 1.165) is 83.4 Å². The summed E-state index contributed by atoms with van der Waals surface area (Å²) in [7, 11) is 0. The van der Waals surface area contributed by atoms with E-state index in [2.05, 4.69) is 113 Å². The summed E-state index contributed by atoms with van der Waals surface area (Å²) in [5.41, 5.74) is 15.5. The molecular formula is C51H31N5O. The van der Waals surface area contributed by atoms with Gasteiger partial charge in [-0.2, -0.15) is 5.26 Å². The molecule has 0 bridgehead atoms. The average molecular weight is 730 g/mol. The Morgan fingerprint density at radius 3 is 1.70 bits per heavy atom. The van der Waals surface area contributed by atoms with Crippen LogP contribution < -0.4 is 0 Å². The first kappa shape index (κ1) is 33.6. The van der Waals surface area contributed by atoms with Crippen molar-refractivity contribution < 1.29 is 4.63 Å². The molecule has 0 unspecified atom stereocenters. The van der Waals surface area contributed by atoms with Gasteiger partial charge >= 0.3 is 0 Å². The largest absolute Gasteiger partial charge is 0.243 e. The molecule has 266 valence electrons. The monoisotopic (exact) mass is 729 g/mol. The molecule has 0 amide bonds. The molecule has 0 aliphatic heterocycles. The van der Waals surface area contributed by atoms with Gasteiger partial charge in [-0.1, -0.05) is 170 Å². The summed E-state index contributed by atoms with van der Waals surface area (Å²) in [5.74, 6) is 0.661. The van der Waals surface area contributed by atoms with Crippen molar-refractivity contribution in [1.29, 1.82) is 5.26 Å². The maximum atomic E-state index is 10.3. The first-order valence-electron chi connectivity index (χ1n) is 18.7. The van der Waals surface area contributed by atoms with Gasteiger partial charge in [-0.25, -0.2) is 14.6 Å². The number of fused-ring (bicyclic) bond motifs is 2. The second-order valence-corrected chi connectivity index (χ2v) is 13.8. The Kier molecular flexibility index (Phi) is 8.44. The molecule has 0 saturated carbocycles. The van der Waals surface area contributed by atoms with E-state index in [-0.39, 0.29) is 0 Å². The number of benzene rings is 8. The van der Waals surface area contributed by atoms with E-state index in [1.165, 1.54) is 0 Å². The predicted molar refractivity (Wildman–Crippen MR) is 228 cm³/mol. The van der Waals surface area contributed by atoms with E-state index >= 15 is 0 Å². The summed E-state index contributed by atoms with van der Waals surface area (Å²) in [6.45, 7) is 0. The maximum Gasteiger partial charge on any atom is 0.160 e. The van der Waals surface area contributed by atoms with Gasteiger partial charge in [0, 0.05) is 33.2 Å². The average Bonchev–Trinajstić information content (AvgIpc) is 3.79. The van der Waals surface area contributed by atoms with Gasteiger partial charge in [0.25, 0.3) is 0 Å². The minimum Gasteiger partial charge on any atom is -0.243 e. The standard InChI is InChI=1S/C51H31N5O/c52-32-38-17-7-8-19-40(38)46-31-37(39-18-9-10-20-43(39)44-30-29-42(33-13-3-1-4-14-33)49-50(44)56-57-55-49)27-28-41(46)34-23-25-36(26-24-34)51-53-47-22-12-11-21-45(47)48(54-51)35-15-5-2-6-16-35/h1-31H. The lowest BCUT2D eigenvalue weighted by molar-refractivity contribution is 0.315. The minimum atomic E-state index is 0.602. The highest BCUT2D eigenvalue weighted by Crippen LogP contribution is 2.42. The first-order valence-corrected chi connectivity index (χ1v) is 18.7. The highest BCUT2D eigenvalue weighted by molar-refractivity contribution is 6.03. The minimum absolute atomic E-state index is 0.602. The van der Waals surface area contributed by atoms with E-state index in [9.17, 15) is 5.26 Å². The Hall–Kier alpha value is -8.01. The lowest BCUT2D eigenvalue weighted by Gasteiger charge is -2.17. The van der Waals surface area contributed by atoms with Gasteiger partial charge in [0.2, 0.25) is 0 Å². The summed E-state index contributed by atoms with van der Waals surface area (Å²) in [6.07, 6.45) is 0. The molecule has 6 heteroatoms. The van der Waals surface area contributed by atoms with Gasteiger partial charge in [0.15, 0.2) is 5.82 Å². The molecule has 10 aromatic rings. The van der Waals surface area contributed by atoms with Crippen molar-refractivity contribution in [1.82, 2.24) is 20.3 Å². The number of hydrogen-bond donors (Lipinski definition) is 0. The fourth-order valence-electron chi connectivity index (χ4n) is 7.73. The zero-order valence-electron chi connectivity index (χ0n) is 30.5. The van der Waals surface area contributed by atoms with Crippen LogP contribution in [0.1, 0.15) is 5.56 Å². The van der Waals surface area contributed by atoms with Crippen LogP contribution in [-0.4, -0.2) is 20.3 Å². The Bertz CT molecular complexity index is 3130. The number of hydrogen-bond acceptors (Lipinski definition) is 6.